The van der Waals surface area contributed by atoms with Gasteiger partial charge in [-0.2, -0.15) is 0 Å². The maximum Gasteiger partial charge on any atom is 0.0541 e. The van der Waals surface area contributed by atoms with E-state index < -0.39 is 0 Å². The number of benzene rings is 13. The van der Waals surface area contributed by atoms with Crippen LogP contribution >= 0.6 is 0 Å². The van der Waals surface area contributed by atoms with Crippen molar-refractivity contribution in [3.63, 3.8) is 0 Å². The summed E-state index contributed by atoms with van der Waals surface area (Å²) in [6.07, 6.45) is 0. The summed E-state index contributed by atoms with van der Waals surface area (Å²) in [6, 6.07) is 102. The van der Waals surface area contributed by atoms with Gasteiger partial charge < -0.3 is 9.47 Å². The van der Waals surface area contributed by atoms with Crippen LogP contribution in [0.1, 0.15) is 0 Å². The first-order valence-electron chi connectivity index (χ1n) is 24.8. The van der Waals surface area contributed by atoms with Crippen LogP contribution in [0.2, 0.25) is 0 Å². The number of rotatable bonds is 8. The van der Waals surface area contributed by atoms with E-state index in [0.29, 0.717) is 0 Å². The summed E-state index contributed by atoms with van der Waals surface area (Å²) < 4.78 is 2.39. The van der Waals surface area contributed by atoms with Gasteiger partial charge in [0.2, 0.25) is 0 Å². The number of nitrogens with zero attached hydrogens (tertiary/aromatic N) is 2. The molecule has 1 heterocycles. The van der Waals surface area contributed by atoms with E-state index >= 15 is 0 Å². The number of anilines is 3. The third kappa shape index (κ3) is 6.88. The average molecular weight is 915 g/mol. The molecule has 0 fully saturated rings. The first-order chi connectivity index (χ1) is 35.7. The molecule has 2 nitrogen and oxygen atoms in total. The molecular formula is C70H46N2. The maximum atomic E-state index is 2.46. The lowest BCUT2D eigenvalue weighted by Gasteiger charge is -2.29. The van der Waals surface area contributed by atoms with Gasteiger partial charge in [0.25, 0.3) is 0 Å². The monoisotopic (exact) mass is 914 g/mol. The van der Waals surface area contributed by atoms with Crippen LogP contribution in [-0.2, 0) is 0 Å². The van der Waals surface area contributed by atoms with E-state index in [-0.39, 0.29) is 0 Å². The smallest absolute Gasteiger partial charge is 0.0541 e. The minimum atomic E-state index is 1.08. The molecule has 0 unspecified atom stereocenters. The molecule has 0 radical (unpaired) electrons. The van der Waals surface area contributed by atoms with Crippen molar-refractivity contribution in [2.24, 2.45) is 0 Å². The molecule has 2 heteroatoms. The largest absolute Gasteiger partial charge is 0.310 e. The average Bonchev–Trinajstić information content (AvgIpc) is 3.79. The van der Waals surface area contributed by atoms with Crippen LogP contribution in [0.25, 0.3) is 115 Å². The molecule has 0 atom stereocenters. The van der Waals surface area contributed by atoms with E-state index in [0.717, 1.165) is 45.0 Å². The number of hydrogen-bond acceptors (Lipinski definition) is 1. The lowest BCUT2D eigenvalue weighted by molar-refractivity contribution is 1.18. The van der Waals surface area contributed by atoms with Crippen molar-refractivity contribution in [1.29, 1.82) is 0 Å². The van der Waals surface area contributed by atoms with Crippen molar-refractivity contribution in [2.75, 3.05) is 4.90 Å². The first-order valence-corrected chi connectivity index (χ1v) is 24.8. The summed E-state index contributed by atoms with van der Waals surface area (Å²) in [6.45, 7) is 0. The van der Waals surface area contributed by atoms with Crippen LogP contribution in [0.4, 0.5) is 17.1 Å². The van der Waals surface area contributed by atoms with Gasteiger partial charge in [-0.1, -0.05) is 212 Å². The summed E-state index contributed by atoms with van der Waals surface area (Å²) in [7, 11) is 0. The Morgan fingerprint density at radius 2 is 0.778 bits per heavy atom. The molecule has 0 aliphatic rings. The second-order valence-electron chi connectivity index (χ2n) is 18.8. The molecule has 336 valence electrons. The molecule has 14 rings (SSSR count). The Balaban J connectivity index is 0.977. The number of fused-ring (bicyclic) bond motifs is 9. The molecule has 0 spiro atoms. The highest BCUT2D eigenvalue weighted by molar-refractivity contribution is 6.22. The Kier molecular flexibility index (Phi) is 9.89. The zero-order chi connectivity index (χ0) is 47.5. The minimum absolute atomic E-state index is 1.08. The summed E-state index contributed by atoms with van der Waals surface area (Å²) in [4.78, 5) is 2.46. The quantitative estimate of drug-likeness (QED) is 0.138. The highest BCUT2D eigenvalue weighted by Crippen LogP contribution is 2.48. The zero-order valence-electron chi connectivity index (χ0n) is 39.5. The topological polar surface area (TPSA) is 8.17 Å². The van der Waals surface area contributed by atoms with E-state index in [1.165, 1.54) is 87.1 Å². The predicted octanol–water partition coefficient (Wildman–Crippen LogP) is 19.5. The molecule has 14 aromatic rings. The summed E-state index contributed by atoms with van der Waals surface area (Å²) in [5.74, 6) is 0. The van der Waals surface area contributed by atoms with Gasteiger partial charge >= 0.3 is 0 Å². The number of aromatic nitrogens is 1. The molecule has 72 heavy (non-hydrogen) atoms. The molecule has 0 bridgehead atoms. The van der Waals surface area contributed by atoms with E-state index in [4.69, 9.17) is 0 Å². The Morgan fingerprint density at radius 3 is 1.58 bits per heavy atom. The molecular weight excluding hydrogens is 869 g/mol. The maximum absolute atomic E-state index is 2.46. The number of hydrogen-bond donors (Lipinski definition) is 0. The van der Waals surface area contributed by atoms with Gasteiger partial charge in [0.05, 0.1) is 16.7 Å². The molecule has 13 aromatic carbocycles. The lowest BCUT2D eigenvalue weighted by atomic mass is 9.84. The molecule has 0 amide bonds. The van der Waals surface area contributed by atoms with Gasteiger partial charge in [0.15, 0.2) is 0 Å². The standard InChI is InChI=1S/C70H46N2/c1-4-20-48(21-5-1)69-63-32-13-12-30-60(63)61-40-37-51(45-65(61)70(69)49-22-6-2-7-23-49)50-24-18-27-55(43-50)71(56-39-41-58-52(44-56)36-35-47-19-10-11-28-57(47)58)66-33-16-14-29-59(66)53-38-42-68-64(46-53)62-31-15-17-34-67(62)72(68)54-25-8-3-9-26-54/h1-46H. The molecule has 0 saturated carbocycles. The van der Waals surface area contributed by atoms with Crippen molar-refractivity contribution >= 4 is 82.0 Å². The van der Waals surface area contributed by atoms with E-state index in [2.05, 4.69) is 289 Å². The van der Waals surface area contributed by atoms with Crippen LogP contribution in [0, 0.1) is 0 Å². The van der Waals surface area contributed by atoms with E-state index in [9.17, 15) is 0 Å². The molecule has 0 N–H and O–H groups in total. The van der Waals surface area contributed by atoms with Gasteiger partial charge in [0.1, 0.15) is 0 Å². The van der Waals surface area contributed by atoms with Crippen molar-refractivity contribution in [3.8, 4) is 50.2 Å². The Bertz CT molecular complexity index is 4380. The SMILES string of the molecule is c1ccc(-c2c(-c3ccccc3)c3cc(-c4cccc(N(c5ccc6c(ccc7ccccc76)c5)c5ccccc5-c5ccc6c(c5)c5ccccc5n6-c5ccccc5)c4)ccc3c3ccccc23)cc1. The first kappa shape index (κ1) is 41.5. The molecule has 0 aliphatic carbocycles. The normalized spacial score (nSPS) is 11.6. The zero-order valence-corrected chi connectivity index (χ0v) is 39.5. The molecule has 0 saturated heterocycles. The van der Waals surface area contributed by atoms with Crippen molar-refractivity contribution in [1.82, 2.24) is 4.57 Å². The summed E-state index contributed by atoms with van der Waals surface area (Å²) in [5.41, 5.74) is 16.3. The highest BCUT2D eigenvalue weighted by Gasteiger charge is 2.22. The van der Waals surface area contributed by atoms with Crippen LogP contribution in [0.3, 0.4) is 0 Å². The Labute approximate surface area is 418 Å². The van der Waals surface area contributed by atoms with Crippen LogP contribution in [0.15, 0.2) is 279 Å². The third-order valence-corrected chi connectivity index (χ3v) is 14.7. The third-order valence-electron chi connectivity index (χ3n) is 14.7. The van der Waals surface area contributed by atoms with Gasteiger partial charge in [-0.05, 0) is 149 Å². The van der Waals surface area contributed by atoms with Gasteiger partial charge in [-0.25, -0.2) is 0 Å². The summed E-state index contributed by atoms with van der Waals surface area (Å²) >= 11 is 0. The van der Waals surface area contributed by atoms with Crippen LogP contribution in [0.5, 0.6) is 0 Å². The second kappa shape index (κ2) is 17.2. The van der Waals surface area contributed by atoms with Crippen LogP contribution in [-0.4, -0.2) is 4.57 Å². The molecule has 1 aromatic heterocycles. The van der Waals surface area contributed by atoms with Crippen molar-refractivity contribution < 1.29 is 0 Å². The second-order valence-corrected chi connectivity index (χ2v) is 18.8. The van der Waals surface area contributed by atoms with Crippen molar-refractivity contribution in [2.45, 2.75) is 0 Å². The van der Waals surface area contributed by atoms with E-state index in [1.54, 1.807) is 0 Å². The summed E-state index contributed by atoms with van der Waals surface area (Å²) in [5, 5.41) is 12.4. The fraction of sp³-hybridized carbons (Fsp3) is 0. The molecule has 0 aliphatic heterocycles. The van der Waals surface area contributed by atoms with Gasteiger partial charge in [-0.3, -0.25) is 0 Å². The number of para-hydroxylation sites is 3. The highest BCUT2D eigenvalue weighted by atomic mass is 15.1. The van der Waals surface area contributed by atoms with Crippen molar-refractivity contribution in [3.05, 3.63) is 279 Å². The predicted molar refractivity (Wildman–Crippen MR) is 307 cm³/mol. The Hall–Kier alpha value is -9.50. The van der Waals surface area contributed by atoms with Gasteiger partial charge in [0, 0.05) is 33.4 Å². The minimum Gasteiger partial charge on any atom is -0.310 e. The van der Waals surface area contributed by atoms with Crippen LogP contribution < -0.4 is 4.90 Å². The van der Waals surface area contributed by atoms with Gasteiger partial charge in [-0.15, -0.1) is 0 Å². The van der Waals surface area contributed by atoms with E-state index in [1.807, 2.05) is 0 Å². The fourth-order valence-corrected chi connectivity index (χ4v) is 11.5. The Morgan fingerprint density at radius 1 is 0.250 bits per heavy atom. The lowest BCUT2D eigenvalue weighted by Crippen LogP contribution is -2.11. The fourth-order valence-electron chi connectivity index (χ4n) is 11.5.